The molecule has 0 heterocycles. The number of fused-ring (bicyclic) bond motifs is 7. The summed E-state index contributed by atoms with van der Waals surface area (Å²) in [5, 5.41) is 2.79. The Morgan fingerprint density at radius 3 is 2.15 bits per heavy atom. The third kappa shape index (κ3) is 6.60. The van der Waals surface area contributed by atoms with E-state index in [1.54, 1.807) is 6.92 Å². The lowest BCUT2D eigenvalue weighted by Gasteiger charge is -2.73. The van der Waals surface area contributed by atoms with Gasteiger partial charge in [0.1, 0.15) is 24.2 Å². The molecule has 0 spiro atoms. The summed E-state index contributed by atoms with van der Waals surface area (Å²) in [7, 11) is 0. The van der Waals surface area contributed by atoms with E-state index in [1.807, 2.05) is 0 Å². The van der Waals surface area contributed by atoms with Crippen molar-refractivity contribution in [1.29, 1.82) is 0 Å². The Bertz CT molecular complexity index is 1190. The third-order valence-corrected chi connectivity index (χ3v) is 16.5. The highest BCUT2D eigenvalue weighted by Gasteiger charge is 2.70. The molecule has 0 aromatic carbocycles. The van der Waals surface area contributed by atoms with Crippen LogP contribution in [0, 0.1) is 62.6 Å². The average molecular weight is 669 g/mol. The van der Waals surface area contributed by atoms with Crippen LogP contribution in [0.3, 0.4) is 0 Å². The van der Waals surface area contributed by atoms with Crippen molar-refractivity contribution in [2.24, 2.45) is 68.5 Å². The van der Waals surface area contributed by atoms with Gasteiger partial charge in [-0.3, -0.25) is 14.9 Å². The van der Waals surface area contributed by atoms with Gasteiger partial charge < -0.3 is 9.57 Å². The van der Waals surface area contributed by atoms with Crippen molar-refractivity contribution in [3.8, 4) is 0 Å². The van der Waals surface area contributed by atoms with Crippen LogP contribution in [0.15, 0.2) is 24.7 Å². The number of hydrogen-bond acceptors (Lipinski definition) is 6. The highest BCUT2D eigenvalue weighted by molar-refractivity contribution is 5.84. The topological polar surface area (TPSA) is 90.7 Å². The quantitative estimate of drug-likeness (QED) is 0.129. The van der Waals surface area contributed by atoms with Gasteiger partial charge in [0.15, 0.2) is 0 Å². The first-order valence-electron chi connectivity index (χ1n) is 19.5. The summed E-state index contributed by atoms with van der Waals surface area (Å²) in [4.78, 5) is 26.5. The summed E-state index contributed by atoms with van der Waals surface area (Å²) in [6.45, 7) is 32.3. The maximum absolute atomic E-state index is 11.2. The van der Waals surface area contributed by atoms with E-state index < -0.39 is 6.04 Å². The Morgan fingerprint density at radius 1 is 0.875 bits per heavy atom. The molecule has 6 heteroatoms. The number of carbonyl (C=O) groups is 2. The Balaban J connectivity index is 0.000000277. The molecule has 0 saturated heterocycles. The molecule has 0 aliphatic heterocycles. The van der Waals surface area contributed by atoms with Crippen LogP contribution in [0.4, 0.5) is 0 Å². The molecular weight excluding hydrogens is 596 g/mol. The van der Waals surface area contributed by atoms with Crippen LogP contribution in [0.25, 0.3) is 0 Å². The fourth-order valence-electron chi connectivity index (χ4n) is 13.0. The summed E-state index contributed by atoms with van der Waals surface area (Å²) < 4.78 is 4.94. The Kier molecular flexibility index (Phi) is 11.8. The van der Waals surface area contributed by atoms with Crippen LogP contribution in [0.1, 0.15) is 146 Å². The van der Waals surface area contributed by atoms with Crippen molar-refractivity contribution >= 4 is 11.6 Å². The molecule has 3 N–H and O–H groups in total. The second-order valence-corrected chi connectivity index (χ2v) is 18.4. The smallest absolute Gasteiger partial charge is 0.291 e. The molecule has 5 rings (SSSR count). The molecule has 5 fully saturated rings. The zero-order valence-electron chi connectivity index (χ0n) is 32.6. The molecule has 5 saturated carbocycles. The summed E-state index contributed by atoms with van der Waals surface area (Å²) >= 11 is 0. The molecule has 0 aromatic heterocycles. The standard InChI is InChI=1S/C32H54.C10H18N2O4/c1-10-32-18-14-23(21(2)3)27(32)24-11-12-26-29(7)16-13-22(4)28(5,6)25(29)15-17-31(26,9)30(24,8)19-20-32;1-4-9(14)5-12-10(7(2)13)6-15-8(3)16-11/h22-27H,2,10-20H2,1,3-9H3;10,12H,3-6,11H2,1-2H3. The van der Waals surface area contributed by atoms with Crippen molar-refractivity contribution < 1.29 is 19.2 Å². The van der Waals surface area contributed by atoms with Gasteiger partial charge in [0.05, 0.1) is 6.54 Å². The van der Waals surface area contributed by atoms with Crippen LogP contribution < -0.4 is 11.2 Å². The van der Waals surface area contributed by atoms with Gasteiger partial charge in [-0.05, 0) is 147 Å². The molecule has 0 aromatic rings. The fourth-order valence-corrected chi connectivity index (χ4v) is 13.0. The van der Waals surface area contributed by atoms with Crippen LogP contribution in [-0.4, -0.2) is 30.8 Å². The number of rotatable bonds is 11. The first kappa shape index (κ1) is 39.1. The van der Waals surface area contributed by atoms with Crippen molar-refractivity contribution in [2.75, 3.05) is 13.2 Å². The Hall–Kier alpha value is -1.66. The van der Waals surface area contributed by atoms with E-state index in [1.165, 1.54) is 83.1 Å². The summed E-state index contributed by atoms with van der Waals surface area (Å²) in [6.07, 6.45) is 16.6. The van der Waals surface area contributed by atoms with Gasteiger partial charge in [-0.15, -0.1) is 0 Å². The Morgan fingerprint density at radius 2 is 1.56 bits per heavy atom. The minimum absolute atomic E-state index is 0.0279. The maximum Gasteiger partial charge on any atom is 0.291 e. The molecule has 5 aliphatic rings. The minimum atomic E-state index is -0.567. The molecule has 48 heavy (non-hydrogen) atoms. The second-order valence-electron chi connectivity index (χ2n) is 18.4. The molecular formula is C42H72N2O4. The predicted molar refractivity (Wildman–Crippen MR) is 197 cm³/mol. The molecule has 274 valence electrons. The van der Waals surface area contributed by atoms with Crippen molar-refractivity contribution in [1.82, 2.24) is 5.32 Å². The van der Waals surface area contributed by atoms with Gasteiger partial charge in [-0.1, -0.05) is 74.0 Å². The monoisotopic (exact) mass is 669 g/mol. The van der Waals surface area contributed by atoms with Gasteiger partial charge in [0, 0.05) is 6.42 Å². The van der Waals surface area contributed by atoms with Crippen LogP contribution in [0.5, 0.6) is 0 Å². The van der Waals surface area contributed by atoms with E-state index in [-0.39, 0.29) is 30.7 Å². The van der Waals surface area contributed by atoms with Crippen molar-refractivity contribution in [3.63, 3.8) is 0 Å². The molecule has 11 atom stereocenters. The number of nitrogens with two attached hydrogens (primary N) is 1. The molecule has 5 aliphatic carbocycles. The molecule has 11 unspecified atom stereocenters. The average Bonchev–Trinajstić information content (AvgIpc) is 3.44. The minimum Gasteiger partial charge on any atom is -0.463 e. The first-order valence-corrected chi connectivity index (χ1v) is 19.5. The number of hydrogen-bond donors (Lipinski definition) is 2. The SMILES string of the molecule is C=C(C)C1CCC2(CC)CCC3(C)C(CCC4C5(C)CCC(C)C(C)(C)C5CCC43C)C12.C=C(ON)OCC(NCC(=O)CC)C(C)=O. The predicted octanol–water partition coefficient (Wildman–Crippen LogP) is 9.58. The van der Waals surface area contributed by atoms with Gasteiger partial charge in [-0.25, -0.2) is 0 Å². The molecule has 6 nitrogen and oxygen atoms in total. The zero-order chi connectivity index (χ0) is 35.9. The van der Waals surface area contributed by atoms with E-state index in [4.69, 9.17) is 10.6 Å². The largest absolute Gasteiger partial charge is 0.463 e. The van der Waals surface area contributed by atoms with E-state index >= 15 is 0 Å². The zero-order valence-corrected chi connectivity index (χ0v) is 32.6. The number of ketones is 2. The Labute approximate surface area is 294 Å². The summed E-state index contributed by atoms with van der Waals surface area (Å²) in [5.74, 6) is 9.98. The maximum atomic E-state index is 11.2. The van der Waals surface area contributed by atoms with Gasteiger partial charge in [-0.2, -0.15) is 5.90 Å². The number of nitrogens with one attached hydrogen (secondary N) is 1. The van der Waals surface area contributed by atoms with Crippen LogP contribution in [-0.2, 0) is 19.2 Å². The van der Waals surface area contributed by atoms with Gasteiger partial charge in [0.25, 0.3) is 5.95 Å². The lowest BCUT2D eigenvalue weighted by molar-refractivity contribution is -0.242. The van der Waals surface area contributed by atoms with Gasteiger partial charge in [0.2, 0.25) is 0 Å². The van der Waals surface area contributed by atoms with E-state index in [2.05, 4.69) is 78.7 Å². The van der Waals surface area contributed by atoms with Crippen molar-refractivity contribution in [2.45, 2.75) is 152 Å². The highest BCUT2D eigenvalue weighted by atomic mass is 16.7. The van der Waals surface area contributed by atoms with Crippen LogP contribution >= 0.6 is 0 Å². The molecule has 0 amide bonds. The second kappa shape index (κ2) is 14.5. The molecule has 0 radical (unpaired) electrons. The highest BCUT2D eigenvalue weighted by Crippen LogP contribution is 2.78. The van der Waals surface area contributed by atoms with E-state index in [0.717, 1.165) is 35.5 Å². The van der Waals surface area contributed by atoms with E-state index in [0.29, 0.717) is 33.5 Å². The van der Waals surface area contributed by atoms with Crippen molar-refractivity contribution in [3.05, 3.63) is 24.7 Å². The number of allylic oxidation sites excluding steroid dienone is 1. The van der Waals surface area contributed by atoms with E-state index in [9.17, 15) is 9.59 Å². The summed E-state index contributed by atoms with van der Waals surface area (Å²) in [6, 6.07) is -0.567. The number of carbonyl (C=O) groups excluding carboxylic acids is 2. The fraction of sp³-hybridized carbons (Fsp3) is 0.857. The third-order valence-electron chi connectivity index (χ3n) is 16.5. The first-order chi connectivity index (χ1) is 22.4. The normalized spacial score (nSPS) is 41.6. The lowest BCUT2D eigenvalue weighted by Crippen LogP contribution is -2.66. The van der Waals surface area contributed by atoms with Crippen LogP contribution in [0.2, 0.25) is 0 Å². The van der Waals surface area contributed by atoms with Gasteiger partial charge >= 0.3 is 0 Å². The number of ether oxygens (including phenoxy) is 1. The lowest BCUT2D eigenvalue weighted by atomic mass is 9.32. The number of Topliss-reactive ketones (excluding diaryl/α,β-unsaturated/α-hetero) is 2. The molecule has 0 bridgehead atoms. The summed E-state index contributed by atoms with van der Waals surface area (Å²) in [5.41, 5.74) is 4.24.